The molecule has 1 aromatic heterocycles. The number of guanidine groups is 1. The number of aromatic nitrogens is 1. The predicted molar refractivity (Wildman–Crippen MR) is 96.8 cm³/mol. The summed E-state index contributed by atoms with van der Waals surface area (Å²) in [5, 5.41) is 3.44. The molecule has 0 bridgehead atoms. The molecule has 0 amide bonds. The third kappa shape index (κ3) is 5.20. The molecule has 1 aliphatic heterocycles. The van der Waals surface area contributed by atoms with Crippen LogP contribution in [0.3, 0.4) is 0 Å². The molecule has 0 unspecified atom stereocenters. The van der Waals surface area contributed by atoms with Crippen LogP contribution in [0.5, 0.6) is 0 Å². The van der Waals surface area contributed by atoms with Gasteiger partial charge in [0.25, 0.3) is 0 Å². The second-order valence-corrected chi connectivity index (χ2v) is 8.13. The molecule has 2 heterocycles. The second-order valence-electron chi connectivity index (χ2n) is 6.32. The van der Waals surface area contributed by atoms with E-state index in [0.717, 1.165) is 44.3 Å². The number of rotatable bonds is 4. The lowest BCUT2D eigenvalue weighted by atomic mass is 10.2. The van der Waals surface area contributed by atoms with Gasteiger partial charge in [0, 0.05) is 48.6 Å². The van der Waals surface area contributed by atoms with E-state index < -0.39 is 0 Å². The lowest BCUT2D eigenvalue weighted by molar-refractivity contribution is 0.376. The SMILES string of the molecule is CCNC(=NCCc1ccc(C)nc1)N1CCSC(C)(C)C1. The highest BCUT2D eigenvalue weighted by Crippen LogP contribution is 2.29. The highest BCUT2D eigenvalue weighted by molar-refractivity contribution is 8.00. The molecule has 2 rings (SSSR count). The zero-order chi connectivity index (χ0) is 16.0. The zero-order valence-electron chi connectivity index (χ0n) is 14.2. The van der Waals surface area contributed by atoms with Gasteiger partial charge in [0.05, 0.1) is 0 Å². The normalized spacial score (nSPS) is 18.4. The Morgan fingerprint density at radius 2 is 2.27 bits per heavy atom. The van der Waals surface area contributed by atoms with Crippen LogP contribution in [0, 0.1) is 6.92 Å². The van der Waals surface area contributed by atoms with Crippen molar-refractivity contribution in [3.63, 3.8) is 0 Å². The molecule has 1 aromatic rings. The van der Waals surface area contributed by atoms with Crippen molar-refractivity contribution >= 4 is 17.7 Å². The summed E-state index contributed by atoms with van der Waals surface area (Å²) in [5.74, 6) is 2.22. The molecule has 122 valence electrons. The van der Waals surface area contributed by atoms with Crippen LogP contribution in [0.2, 0.25) is 0 Å². The standard InChI is InChI=1S/C17H28N4S/c1-5-18-16(21-10-11-22-17(3,4)13-21)19-9-8-15-7-6-14(2)20-12-15/h6-7,12H,5,8-11,13H2,1-4H3,(H,18,19). The third-order valence-electron chi connectivity index (χ3n) is 3.69. The average Bonchev–Trinajstić information content (AvgIpc) is 2.47. The highest BCUT2D eigenvalue weighted by Gasteiger charge is 2.28. The Morgan fingerprint density at radius 1 is 1.45 bits per heavy atom. The monoisotopic (exact) mass is 320 g/mol. The highest BCUT2D eigenvalue weighted by atomic mass is 32.2. The van der Waals surface area contributed by atoms with Crippen molar-refractivity contribution in [2.24, 2.45) is 4.99 Å². The van der Waals surface area contributed by atoms with Gasteiger partial charge in [-0.2, -0.15) is 11.8 Å². The van der Waals surface area contributed by atoms with Crippen LogP contribution in [0.4, 0.5) is 0 Å². The molecule has 0 aliphatic carbocycles. The quantitative estimate of drug-likeness (QED) is 0.684. The van der Waals surface area contributed by atoms with E-state index in [0.29, 0.717) is 4.75 Å². The van der Waals surface area contributed by atoms with Crippen molar-refractivity contribution < 1.29 is 0 Å². The van der Waals surface area contributed by atoms with Crippen LogP contribution in [-0.2, 0) is 6.42 Å². The predicted octanol–water partition coefficient (Wildman–Crippen LogP) is 2.73. The lowest BCUT2D eigenvalue weighted by Crippen LogP contribution is -2.51. The number of nitrogens with zero attached hydrogens (tertiary/aromatic N) is 3. The van der Waals surface area contributed by atoms with Crippen molar-refractivity contribution in [2.45, 2.75) is 38.9 Å². The van der Waals surface area contributed by atoms with Crippen molar-refractivity contribution in [3.05, 3.63) is 29.6 Å². The van der Waals surface area contributed by atoms with E-state index in [1.54, 1.807) is 0 Å². The minimum Gasteiger partial charge on any atom is -0.357 e. The van der Waals surface area contributed by atoms with Crippen LogP contribution in [0.15, 0.2) is 23.3 Å². The van der Waals surface area contributed by atoms with Crippen LogP contribution in [-0.4, -0.2) is 52.5 Å². The van der Waals surface area contributed by atoms with Gasteiger partial charge in [-0.1, -0.05) is 6.07 Å². The largest absolute Gasteiger partial charge is 0.357 e. The van der Waals surface area contributed by atoms with Gasteiger partial charge in [-0.25, -0.2) is 0 Å². The summed E-state index contributed by atoms with van der Waals surface area (Å²) in [4.78, 5) is 11.6. The molecule has 0 spiro atoms. The van der Waals surface area contributed by atoms with Crippen LogP contribution in [0.25, 0.3) is 0 Å². The number of pyridine rings is 1. The van der Waals surface area contributed by atoms with Gasteiger partial charge < -0.3 is 10.2 Å². The first-order chi connectivity index (χ1) is 10.5. The lowest BCUT2D eigenvalue weighted by Gasteiger charge is -2.39. The van der Waals surface area contributed by atoms with Gasteiger partial charge in [-0.15, -0.1) is 0 Å². The second kappa shape index (κ2) is 7.86. The third-order valence-corrected chi connectivity index (χ3v) is 4.99. The summed E-state index contributed by atoms with van der Waals surface area (Å²) in [6.45, 7) is 12.6. The molecule has 0 saturated carbocycles. The Morgan fingerprint density at radius 3 is 2.91 bits per heavy atom. The van der Waals surface area contributed by atoms with Crippen molar-refractivity contribution in [1.29, 1.82) is 0 Å². The average molecular weight is 321 g/mol. The molecular weight excluding hydrogens is 292 g/mol. The Balaban J connectivity index is 1.96. The molecule has 1 N–H and O–H groups in total. The summed E-state index contributed by atoms with van der Waals surface area (Å²) in [6.07, 6.45) is 2.90. The van der Waals surface area contributed by atoms with E-state index in [2.05, 4.69) is 48.1 Å². The summed E-state index contributed by atoms with van der Waals surface area (Å²) in [6, 6.07) is 4.21. The minimum atomic E-state index is 0.301. The van der Waals surface area contributed by atoms with E-state index >= 15 is 0 Å². The summed E-state index contributed by atoms with van der Waals surface area (Å²) >= 11 is 2.05. The van der Waals surface area contributed by atoms with Crippen LogP contribution < -0.4 is 5.32 Å². The van der Waals surface area contributed by atoms with E-state index in [-0.39, 0.29) is 0 Å². The molecule has 5 heteroatoms. The summed E-state index contributed by atoms with van der Waals surface area (Å²) in [7, 11) is 0. The summed E-state index contributed by atoms with van der Waals surface area (Å²) in [5.41, 5.74) is 2.31. The fraction of sp³-hybridized carbons (Fsp3) is 0.647. The Kier molecular flexibility index (Phi) is 6.12. The maximum absolute atomic E-state index is 4.81. The number of thioether (sulfide) groups is 1. The Labute approximate surface area is 138 Å². The Hall–Kier alpha value is -1.23. The fourth-order valence-corrected chi connectivity index (χ4v) is 3.67. The first kappa shape index (κ1) is 17.1. The molecule has 0 aromatic carbocycles. The molecule has 0 atom stereocenters. The number of hydrogen-bond donors (Lipinski definition) is 1. The zero-order valence-corrected chi connectivity index (χ0v) is 15.0. The number of hydrogen-bond acceptors (Lipinski definition) is 3. The Bertz CT molecular complexity index is 496. The maximum Gasteiger partial charge on any atom is 0.193 e. The van der Waals surface area contributed by atoms with Gasteiger partial charge in [-0.3, -0.25) is 9.98 Å². The smallest absolute Gasteiger partial charge is 0.193 e. The molecule has 22 heavy (non-hydrogen) atoms. The van der Waals surface area contributed by atoms with E-state index in [4.69, 9.17) is 4.99 Å². The van der Waals surface area contributed by atoms with Gasteiger partial charge in [0.1, 0.15) is 0 Å². The number of aliphatic imine (C=N–C) groups is 1. The molecule has 4 nitrogen and oxygen atoms in total. The van der Waals surface area contributed by atoms with Crippen molar-refractivity contribution in [2.75, 3.05) is 31.9 Å². The molecule has 1 fully saturated rings. The van der Waals surface area contributed by atoms with Crippen LogP contribution >= 0.6 is 11.8 Å². The topological polar surface area (TPSA) is 40.5 Å². The van der Waals surface area contributed by atoms with E-state index in [9.17, 15) is 0 Å². The first-order valence-corrected chi connectivity index (χ1v) is 9.07. The molecule has 1 aliphatic rings. The van der Waals surface area contributed by atoms with Crippen LogP contribution in [0.1, 0.15) is 32.0 Å². The van der Waals surface area contributed by atoms with Gasteiger partial charge >= 0.3 is 0 Å². The minimum absolute atomic E-state index is 0.301. The van der Waals surface area contributed by atoms with Gasteiger partial charge in [0.2, 0.25) is 0 Å². The van der Waals surface area contributed by atoms with Crippen molar-refractivity contribution in [1.82, 2.24) is 15.2 Å². The molecular formula is C17H28N4S. The molecule has 0 radical (unpaired) electrons. The number of nitrogens with one attached hydrogen (secondary N) is 1. The van der Waals surface area contributed by atoms with E-state index in [1.165, 1.54) is 11.3 Å². The van der Waals surface area contributed by atoms with Crippen molar-refractivity contribution in [3.8, 4) is 0 Å². The van der Waals surface area contributed by atoms with Gasteiger partial charge in [-0.05, 0) is 45.7 Å². The number of aryl methyl sites for hydroxylation is 1. The summed E-state index contributed by atoms with van der Waals surface area (Å²) < 4.78 is 0.301. The first-order valence-electron chi connectivity index (χ1n) is 8.09. The fourth-order valence-electron chi connectivity index (χ4n) is 2.56. The maximum atomic E-state index is 4.81. The van der Waals surface area contributed by atoms with E-state index in [1.807, 2.05) is 24.9 Å². The van der Waals surface area contributed by atoms with Gasteiger partial charge in [0.15, 0.2) is 5.96 Å². The molecule has 1 saturated heterocycles.